The van der Waals surface area contributed by atoms with E-state index in [4.69, 9.17) is 9.47 Å². The smallest absolute Gasteiger partial charge is 0.310 e. The molecule has 0 rings (SSSR count). The predicted molar refractivity (Wildman–Crippen MR) is 51.6 cm³/mol. The molecule has 0 bridgehead atoms. The molecule has 0 amide bonds. The van der Waals surface area contributed by atoms with Crippen molar-refractivity contribution < 1.29 is 19.1 Å². The molecule has 0 aromatic heterocycles. The number of carbonyl (C=O) groups excluding carboxylic acids is 2. The molecule has 0 saturated heterocycles. The fourth-order valence-corrected chi connectivity index (χ4v) is 0.977. The van der Waals surface area contributed by atoms with Gasteiger partial charge in [-0.2, -0.15) is 0 Å². The van der Waals surface area contributed by atoms with E-state index in [-0.39, 0.29) is 6.42 Å². The average Bonchev–Trinajstić information content (AvgIpc) is 2.02. The van der Waals surface area contributed by atoms with Gasteiger partial charge in [0.05, 0.1) is 13.0 Å². The molecular formula is C10H16O4. The molecule has 4 nitrogen and oxygen atoms in total. The third kappa shape index (κ3) is 4.64. The fraction of sp³-hybridized carbons (Fsp3) is 0.600. The highest BCUT2D eigenvalue weighted by atomic mass is 16.6. The summed E-state index contributed by atoms with van der Waals surface area (Å²) in [5, 5.41) is 0. The van der Waals surface area contributed by atoms with Crippen LogP contribution < -0.4 is 0 Å². The number of hydrogen-bond donors (Lipinski definition) is 0. The third-order valence-corrected chi connectivity index (χ3v) is 1.61. The zero-order valence-electron chi connectivity index (χ0n) is 8.83. The van der Waals surface area contributed by atoms with Crippen molar-refractivity contribution in [1.29, 1.82) is 0 Å². The summed E-state index contributed by atoms with van der Waals surface area (Å²) < 4.78 is 9.69. The maximum absolute atomic E-state index is 11.1. The molecule has 0 heterocycles. The SMILES string of the molecule is C=CC(C)(CC(=O)OCC)OC(C)=O. The van der Waals surface area contributed by atoms with Crippen molar-refractivity contribution in [3.63, 3.8) is 0 Å². The summed E-state index contributed by atoms with van der Waals surface area (Å²) in [6, 6.07) is 0. The largest absolute Gasteiger partial charge is 0.466 e. The molecule has 14 heavy (non-hydrogen) atoms. The van der Waals surface area contributed by atoms with Crippen LogP contribution in [0.1, 0.15) is 27.2 Å². The Morgan fingerprint density at radius 1 is 1.50 bits per heavy atom. The van der Waals surface area contributed by atoms with Gasteiger partial charge in [-0.15, -0.1) is 0 Å². The van der Waals surface area contributed by atoms with E-state index in [1.807, 2.05) is 0 Å². The Kier molecular flexibility index (Phi) is 4.91. The van der Waals surface area contributed by atoms with Gasteiger partial charge in [0.1, 0.15) is 5.60 Å². The van der Waals surface area contributed by atoms with Crippen molar-refractivity contribution in [2.75, 3.05) is 6.61 Å². The number of ether oxygens (including phenoxy) is 2. The summed E-state index contributed by atoms with van der Waals surface area (Å²) in [7, 11) is 0. The minimum atomic E-state index is -0.974. The molecule has 0 aliphatic heterocycles. The van der Waals surface area contributed by atoms with E-state index in [2.05, 4.69) is 6.58 Å². The van der Waals surface area contributed by atoms with Crippen LogP contribution in [0.2, 0.25) is 0 Å². The molecule has 1 unspecified atom stereocenters. The highest BCUT2D eigenvalue weighted by Gasteiger charge is 2.27. The summed E-state index contributed by atoms with van der Waals surface area (Å²) >= 11 is 0. The second-order valence-corrected chi connectivity index (χ2v) is 3.09. The van der Waals surface area contributed by atoms with Crippen LogP contribution in [0.5, 0.6) is 0 Å². The van der Waals surface area contributed by atoms with Crippen LogP contribution in [0, 0.1) is 0 Å². The van der Waals surface area contributed by atoms with Crippen molar-refractivity contribution in [2.24, 2.45) is 0 Å². The van der Waals surface area contributed by atoms with Crippen molar-refractivity contribution in [3.8, 4) is 0 Å². The summed E-state index contributed by atoms with van der Waals surface area (Å²) in [6.45, 7) is 8.44. The molecule has 0 aliphatic rings. The van der Waals surface area contributed by atoms with E-state index < -0.39 is 17.5 Å². The number of hydrogen-bond acceptors (Lipinski definition) is 4. The second-order valence-electron chi connectivity index (χ2n) is 3.09. The molecule has 0 radical (unpaired) electrons. The average molecular weight is 200 g/mol. The van der Waals surface area contributed by atoms with Crippen LogP contribution in [0.4, 0.5) is 0 Å². The van der Waals surface area contributed by atoms with Gasteiger partial charge >= 0.3 is 11.9 Å². The van der Waals surface area contributed by atoms with Crippen LogP contribution in [0.3, 0.4) is 0 Å². The quantitative estimate of drug-likeness (QED) is 0.498. The van der Waals surface area contributed by atoms with Crippen LogP contribution in [0.15, 0.2) is 12.7 Å². The molecule has 0 spiro atoms. The zero-order chi connectivity index (χ0) is 11.2. The highest BCUT2D eigenvalue weighted by molar-refractivity contribution is 5.73. The standard InChI is InChI=1S/C10H16O4/c1-5-10(4,14-8(3)11)7-9(12)13-6-2/h5H,1,6-7H2,2-4H3. The second kappa shape index (κ2) is 5.42. The summed E-state index contributed by atoms with van der Waals surface area (Å²) in [6.07, 6.45) is 1.41. The lowest BCUT2D eigenvalue weighted by Gasteiger charge is -2.23. The van der Waals surface area contributed by atoms with Gasteiger partial charge < -0.3 is 9.47 Å². The van der Waals surface area contributed by atoms with E-state index in [0.717, 1.165) is 0 Å². The van der Waals surface area contributed by atoms with Gasteiger partial charge in [0, 0.05) is 6.92 Å². The molecular weight excluding hydrogens is 184 g/mol. The lowest BCUT2D eigenvalue weighted by Crippen LogP contribution is -2.32. The Morgan fingerprint density at radius 3 is 2.43 bits per heavy atom. The normalized spacial score (nSPS) is 13.9. The lowest BCUT2D eigenvalue weighted by atomic mass is 10.0. The summed E-state index contributed by atoms with van der Waals surface area (Å²) in [5.74, 6) is -0.854. The van der Waals surface area contributed by atoms with Crippen LogP contribution in [0.25, 0.3) is 0 Å². The van der Waals surface area contributed by atoms with Gasteiger partial charge in [0.2, 0.25) is 0 Å². The first kappa shape index (κ1) is 12.7. The van der Waals surface area contributed by atoms with Crippen molar-refractivity contribution in [3.05, 3.63) is 12.7 Å². The molecule has 0 saturated carbocycles. The Labute approximate surface area is 83.9 Å². The van der Waals surface area contributed by atoms with Crippen LogP contribution >= 0.6 is 0 Å². The van der Waals surface area contributed by atoms with E-state index in [0.29, 0.717) is 6.61 Å². The maximum atomic E-state index is 11.1. The van der Waals surface area contributed by atoms with Gasteiger partial charge in [-0.25, -0.2) is 0 Å². The molecule has 0 aliphatic carbocycles. The van der Waals surface area contributed by atoms with E-state index in [9.17, 15) is 9.59 Å². The van der Waals surface area contributed by atoms with Gasteiger partial charge in [-0.05, 0) is 19.9 Å². The van der Waals surface area contributed by atoms with E-state index >= 15 is 0 Å². The minimum absolute atomic E-state index is 0.0100. The van der Waals surface area contributed by atoms with E-state index in [1.54, 1.807) is 13.8 Å². The van der Waals surface area contributed by atoms with E-state index in [1.165, 1.54) is 13.0 Å². The summed E-state index contributed by atoms with van der Waals surface area (Å²) in [4.78, 5) is 21.9. The zero-order valence-corrected chi connectivity index (χ0v) is 8.83. The van der Waals surface area contributed by atoms with Crippen LogP contribution in [-0.4, -0.2) is 24.1 Å². The molecule has 0 aromatic carbocycles. The highest BCUT2D eigenvalue weighted by Crippen LogP contribution is 2.17. The van der Waals surface area contributed by atoms with Gasteiger partial charge in [0.25, 0.3) is 0 Å². The van der Waals surface area contributed by atoms with Gasteiger partial charge in [-0.3, -0.25) is 9.59 Å². The number of carbonyl (C=O) groups is 2. The molecule has 1 atom stereocenters. The number of rotatable bonds is 5. The predicted octanol–water partition coefficient (Wildman–Crippen LogP) is 1.45. The fourth-order valence-electron chi connectivity index (χ4n) is 0.977. The Balaban J connectivity index is 4.31. The van der Waals surface area contributed by atoms with Crippen molar-refractivity contribution in [1.82, 2.24) is 0 Å². The van der Waals surface area contributed by atoms with Gasteiger partial charge in [-0.1, -0.05) is 6.58 Å². The third-order valence-electron chi connectivity index (χ3n) is 1.61. The van der Waals surface area contributed by atoms with Crippen molar-refractivity contribution in [2.45, 2.75) is 32.8 Å². The molecule has 0 fully saturated rings. The lowest BCUT2D eigenvalue weighted by molar-refractivity contribution is -0.158. The Hall–Kier alpha value is -1.32. The molecule has 0 aromatic rings. The van der Waals surface area contributed by atoms with Crippen LogP contribution in [-0.2, 0) is 19.1 Å². The van der Waals surface area contributed by atoms with Crippen molar-refractivity contribution >= 4 is 11.9 Å². The first-order valence-electron chi connectivity index (χ1n) is 4.42. The van der Waals surface area contributed by atoms with Gasteiger partial charge in [0.15, 0.2) is 0 Å². The molecule has 4 heteroatoms. The Morgan fingerprint density at radius 2 is 2.07 bits per heavy atom. The Bertz CT molecular complexity index is 234. The number of esters is 2. The monoisotopic (exact) mass is 200 g/mol. The molecule has 0 N–H and O–H groups in total. The topological polar surface area (TPSA) is 52.6 Å². The first-order valence-corrected chi connectivity index (χ1v) is 4.42. The minimum Gasteiger partial charge on any atom is -0.466 e. The first-order chi connectivity index (χ1) is 6.43. The maximum Gasteiger partial charge on any atom is 0.310 e. The summed E-state index contributed by atoms with van der Waals surface area (Å²) in [5.41, 5.74) is -0.974. The molecule has 80 valence electrons.